The standard InChI is InChI=1S/C9H21ClO3Si/c1-6-11-14(8(3)4,12-7-2)13-9(5)10/h8-9H,6-7H2,1-5H3. The highest BCUT2D eigenvalue weighted by atomic mass is 35.5. The molecule has 5 heteroatoms. The highest BCUT2D eigenvalue weighted by Crippen LogP contribution is 2.27. The second kappa shape index (κ2) is 6.79. The van der Waals surface area contributed by atoms with Crippen LogP contribution in [0.15, 0.2) is 0 Å². The number of alkyl halides is 1. The van der Waals surface area contributed by atoms with Crippen LogP contribution in [-0.2, 0) is 13.3 Å². The largest absolute Gasteiger partial charge is 0.504 e. The molecule has 0 saturated heterocycles. The average Bonchev–Trinajstić information content (AvgIpc) is 2.03. The van der Waals surface area contributed by atoms with Crippen LogP contribution in [0.2, 0.25) is 5.54 Å². The summed E-state index contributed by atoms with van der Waals surface area (Å²) in [6.07, 6.45) is 0. The van der Waals surface area contributed by atoms with E-state index in [9.17, 15) is 0 Å². The zero-order chi connectivity index (χ0) is 11.2. The van der Waals surface area contributed by atoms with Crippen molar-refractivity contribution in [1.82, 2.24) is 0 Å². The molecule has 0 saturated carbocycles. The highest BCUT2D eigenvalue weighted by Gasteiger charge is 2.45. The monoisotopic (exact) mass is 240 g/mol. The van der Waals surface area contributed by atoms with Gasteiger partial charge in [-0.2, -0.15) is 0 Å². The van der Waals surface area contributed by atoms with Crippen LogP contribution in [0.3, 0.4) is 0 Å². The van der Waals surface area contributed by atoms with Crippen molar-refractivity contribution < 1.29 is 13.3 Å². The molecule has 0 aromatic carbocycles. The van der Waals surface area contributed by atoms with E-state index in [0.717, 1.165) is 0 Å². The molecule has 86 valence electrons. The SMILES string of the molecule is CCO[Si](OCC)(OC(C)Cl)C(C)C. The van der Waals surface area contributed by atoms with Crippen molar-refractivity contribution in [2.24, 2.45) is 0 Å². The van der Waals surface area contributed by atoms with Gasteiger partial charge in [-0.05, 0) is 20.8 Å². The molecular formula is C9H21ClO3Si. The number of rotatable bonds is 7. The van der Waals surface area contributed by atoms with Gasteiger partial charge in [0.1, 0.15) is 5.56 Å². The van der Waals surface area contributed by atoms with Crippen LogP contribution in [-0.4, -0.2) is 27.6 Å². The van der Waals surface area contributed by atoms with E-state index in [1.54, 1.807) is 6.92 Å². The summed E-state index contributed by atoms with van der Waals surface area (Å²) in [5, 5.41) is 0. The normalized spacial score (nSPS) is 14.8. The summed E-state index contributed by atoms with van der Waals surface area (Å²) in [4.78, 5) is 0. The van der Waals surface area contributed by atoms with Gasteiger partial charge in [-0.15, -0.1) is 0 Å². The zero-order valence-corrected chi connectivity index (χ0v) is 11.4. The van der Waals surface area contributed by atoms with Crippen molar-refractivity contribution in [2.75, 3.05) is 13.2 Å². The first kappa shape index (κ1) is 14.4. The second-order valence-corrected chi connectivity index (χ2v) is 7.07. The van der Waals surface area contributed by atoms with Crippen molar-refractivity contribution in [2.45, 2.75) is 45.7 Å². The van der Waals surface area contributed by atoms with Gasteiger partial charge in [0, 0.05) is 18.8 Å². The Labute approximate surface area is 93.1 Å². The maximum absolute atomic E-state index is 5.83. The first-order valence-electron chi connectivity index (χ1n) is 5.08. The smallest absolute Gasteiger partial charge is 0.374 e. The summed E-state index contributed by atoms with van der Waals surface area (Å²) in [6.45, 7) is 10.9. The average molecular weight is 241 g/mol. The third-order valence-corrected chi connectivity index (χ3v) is 5.44. The summed E-state index contributed by atoms with van der Waals surface area (Å²) >= 11 is 5.83. The van der Waals surface area contributed by atoms with Crippen molar-refractivity contribution >= 4 is 20.4 Å². The summed E-state index contributed by atoms with van der Waals surface area (Å²) < 4.78 is 16.9. The summed E-state index contributed by atoms with van der Waals surface area (Å²) in [5.41, 5.74) is -0.147. The highest BCUT2D eigenvalue weighted by molar-refractivity contribution is 6.62. The van der Waals surface area contributed by atoms with Crippen LogP contribution < -0.4 is 0 Å². The van der Waals surface area contributed by atoms with Crippen LogP contribution in [0.25, 0.3) is 0 Å². The maximum atomic E-state index is 5.83. The maximum Gasteiger partial charge on any atom is 0.504 e. The van der Waals surface area contributed by atoms with E-state index in [-0.39, 0.29) is 11.1 Å². The molecule has 0 aliphatic rings. The number of hydrogen-bond donors (Lipinski definition) is 0. The first-order valence-corrected chi connectivity index (χ1v) is 7.32. The Morgan fingerprint density at radius 2 is 1.50 bits per heavy atom. The van der Waals surface area contributed by atoms with E-state index >= 15 is 0 Å². The van der Waals surface area contributed by atoms with Crippen molar-refractivity contribution in [3.63, 3.8) is 0 Å². The molecule has 0 spiro atoms. The van der Waals surface area contributed by atoms with Gasteiger partial charge in [0.15, 0.2) is 0 Å². The number of hydrogen-bond acceptors (Lipinski definition) is 3. The molecule has 0 aromatic heterocycles. The Kier molecular flexibility index (Phi) is 6.98. The van der Waals surface area contributed by atoms with Gasteiger partial charge in [0.25, 0.3) is 0 Å². The lowest BCUT2D eigenvalue weighted by Gasteiger charge is -2.32. The van der Waals surface area contributed by atoms with Crippen molar-refractivity contribution in [1.29, 1.82) is 0 Å². The van der Waals surface area contributed by atoms with E-state index in [0.29, 0.717) is 13.2 Å². The lowest BCUT2D eigenvalue weighted by molar-refractivity contribution is 0.0540. The summed E-state index contributed by atoms with van der Waals surface area (Å²) in [7, 11) is -2.57. The Bertz CT molecular complexity index is 147. The Hall–Kier alpha value is 0.387. The quantitative estimate of drug-likeness (QED) is 0.506. The van der Waals surface area contributed by atoms with Crippen molar-refractivity contribution in [3.8, 4) is 0 Å². The van der Waals surface area contributed by atoms with Crippen LogP contribution in [0, 0.1) is 0 Å². The molecule has 0 radical (unpaired) electrons. The minimum Gasteiger partial charge on any atom is -0.374 e. The fourth-order valence-electron chi connectivity index (χ4n) is 1.21. The molecule has 3 nitrogen and oxygen atoms in total. The van der Waals surface area contributed by atoms with Crippen LogP contribution in [0.4, 0.5) is 0 Å². The molecule has 1 unspecified atom stereocenters. The molecule has 0 rings (SSSR count). The lowest BCUT2D eigenvalue weighted by Crippen LogP contribution is -2.50. The predicted octanol–water partition coefficient (Wildman–Crippen LogP) is 3.01. The molecule has 0 bridgehead atoms. The van der Waals surface area contributed by atoms with Crippen LogP contribution in [0.5, 0.6) is 0 Å². The Balaban J connectivity index is 4.55. The fourth-order valence-corrected chi connectivity index (χ4v) is 4.00. The first-order chi connectivity index (χ1) is 6.48. The van der Waals surface area contributed by atoms with Gasteiger partial charge in [0.2, 0.25) is 0 Å². The van der Waals surface area contributed by atoms with E-state index < -0.39 is 8.80 Å². The van der Waals surface area contributed by atoms with Gasteiger partial charge < -0.3 is 13.3 Å². The summed E-state index contributed by atoms with van der Waals surface area (Å²) in [6, 6.07) is 0. The van der Waals surface area contributed by atoms with Crippen molar-refractivity contribution in [3.05, 3.63) is 0 Å². The fraction of sp³-hybridized carbons (Fsp3) is 1.00. The van der Waals surface area contributed by atoms with E-state index in [1.165, 1.54) is 0 Å². The zero-order valence-electron chi connectivity index (χ0n) is 9.67. The molecular weight excluding hydrogens is 220 g/mol. The molecule has 0 heterocycles. The van der Waals surface area contributed by atoms with Gasteiger partial charge in [-0.3, -0.25) is 0 Å². The van der Waals surface area contributed by atoms with Crippen LogP contribution in [0.1, 0.15) is 34.6 Å². The topological polar surface area (TPSA) is 27.7 Å². The Morgan fingerprint density at radius 3 is 1.71 bits per heavy atom. The molecule has 0 fully saturated rings. The lowest BCUT2D eigenvalue weighted by atomic mass is 10.6. The molecule has 14 heavy (non-hydrogen) atoms. The minimum absolute atomic E-state index is 0.226. The van der Waals surface area contributed by atoms with Crippen LogP contribution >= 0.6 is 11.6 Å². The van der Waals surface area contributed by atoms with E-state index in [4.69, 9.17) is 24.9 Å². The third-order valence-electron chi connectivity index (χ3n) is 1.72. The van der Waals surface area contributed by atoms with Gasteiger partial charge in [0.05, 0.1) is 0 Å². The predicted molar refractivity (Wildman–Crippen MR) is 60.5 cm³/mol. The number of halogens is 1. The second-order valence-electron chi connectivity index (χ2n) is 3.29. The molecule has 1 atom stereocenters. The molecule has 0 aliphatic heterocycles. The summed E-state index contributed by atoms with van der Waals surface area (Å²) in [5.74, 6) is 0. The molecule has 0 N–H and O–H groups in total. The Morgan fingerprint density at radius 1 is 1.07 bits per heavy atom. The molecule has 0 amide bonds. The van der Waals surface area contributed by atoms with Gasteiger partial charge >= 0.3 is 8.80 Å². The van der Waals surface area contributed by atoms with Gasteiger partial charge in [-0.1, -0.05) is 25.4 Å². The molecule has 0 aromatic rings. The minimum atomic E-state index is -2.57. The van der Waals surface area contributed by atoms with Gasteiger partial charge in [-0.25, -0.2) is 0 Å². The van der Waals surface area contributed by atoms with E-state index in [2.05, 4.69) is 0 Å². The molecule has 0 aliphatic carbocycles. The third kappa shape index (κ3) is 4.27. The van der Waals surface area contributed by atoms with E-state index in [1.807, 2.05) is 27.7 Å².